The number of rotatable bonds is 8. The predicted octanol–water partition coefficient (Wildman–Crippen LogP) is 4.05. The highest BCUT2D eigenvalue weighted by atomic mass is 32.2. The van der Waals surface area contributed by atoms with E-state index in [1.807, 2.05) is 19.1 Å². The molecule has 2 heterocycles. The Morgan fingerprint density at radius 3 is 2.31 bits per heavy atom. The third kappa shape index (κ3) is 5.77. The highest BCUT2D eigenvalue weighted by Crippen LogP contribution is 2.28. The van der Waals surface area contributed by atoms with Gasteiger partial charge in [0.25, 0.3) is 0 Å². The number of aromatic nitrogens is 2. The van der Waals surface area contributed by atoms with Gasteiger partial charge in [-0.1, -0.05) is 12.1 Å². The maximum Gasteiger partial charge on any atom is 0.244 e. The van der Waals surface area contributed by atoms with Crippen molar-refractivity contribution >= 4 is 38.9 Å². The molecule has 0 atom stereocenters. The van der Waals surface area contributed by atoms with Gasteiger partial charge in [-0.25, -0.2) is 17.7 Å². The van der Waals surface area contributed by atoms with E-state index in [0.29, 0.717) is 23.5 Å². The Hall–Kier alpha value is -3.21. The number of anilines is 5. The standard InChI is InChI=1S/C26H35N7O2S/c1-19-18-27-26(30-25(19)29-23-8-6-7-9-24(23)36(34,35)31(2)3)28-20-10-12-21(13-11-20)33(5)22-14-16-32(4)17-15-22/h6-13,18,22H,14-17H2,1-5H3,(H2,27,28,29,30). The summed E-state index contributed by atoms with van der Waals surface area (Å²) in [5.41, 5.74) is 3.31. The smallest absolute Gasteiger partial charge is 0.244 e. The SMILES string of the molecule is Cc1cnc(Nc2ccc(N(C)C3CCN(C)CC3)cc2)nc1Nc1ccccc1S(=O)(=O)N(C)C. The molecule has 0 unspecified atom stereocenters. The van der Waals surface area contributed by atoms with Crippen LogP contribution in [0.2, 0.25) is 0 Å². The third-order valence-electron chi connectivity index (χ3n) is 6.64. The van der Waals surface area contributed by atoms with Gasteiger partial charge in [0.2, 0.25) is 16.0 Å². The second kappa shape index (κ2) is 10.8. The maximum absolute atomic E-state index is 12.8. The monoisotopic (exact) mass is 509 g/mol. The van der Waals surface area contributed by atoms with Crippen molar-refractivity contribution in [2.24, 2.45) is 0 Å². The number of nitrogens with one attached hydrogen (secondary N) is 2. The quantitative estimate of drug-likeness (QED) is 0.470. The van der Waals surface area contributed by atoms with E-state index in [2.05, 4.69) is 56.6 Å². The van der Waals surface area contributed by atoms with Crippen LogP contribution in [0.4, 0.5) is 28.8 Å². The molecule has 0 bridgehead atoms. The Bertz CT molecular complexity index is 1290. The van der Waals surface area contributed by atoms with Crippen LogP contribution in [0, 0.1) is 6.92 Å². The summed E-state index contributed by atoms with van der Waals surface area (Å²) in [5, 5.41) is 6.44. The molecule has 36 heavy (non-hydrogen) atoms. The minimum Gasteiger partial charge on any atom is -0.372 e. The summed E-state index contributed by atoms with van der Waals surface area (Å²) >= 11 is 0. The molecule has 0 aliphatic carbocycles. The van der Waals surface area contributed by atoms with Gasteiger partial charge in [0.15, 0.2) is 0 Å². The number of benzene rings is 2. The zero-order valence-corrected chi connectivity index (χ0v) is 22.4. The van der Waals surface area contributed by atoms with Gasteiger partial charge < -0.3 is 20.4 Å². The first-order valence-corrected chi connectivity index (χ1v) is 13.5. The number of hydrogen-bond acceptors (Lipinski definition) is 8. The van der Waals surface area contributed by atoms with E-state index in [4.69, 9.17) is 0 Å². The second-order valence-corrected chi connectivity index (χ2v) is 11.6. The van der Waals surface area contributed by atoms with Gasteiger partial charge in [0, 0.05) is 50.3 Å². The highest BCUT2D eigenvalue weighted by Gasteiger charge is 2.22. The first kappa shape index (κ1) is 25.9. The van der Waals surface area contributed by atoms with E-state index in [1.165, 1.54) is 36.9 Å². The number of hydrogen-bond donors (Lipinski definition) is 2. The van der Waals surface area contributed by atoms with Gasteiger partial charge in [-0.05, 0) is 76.3 Å². The van der Waals surface area contributed by atoms with E-state index < -0.39 is 10.0 Å². The number of sulfonamides is 1. The Balaban J connectivity index is 1.49. The molecule has 3 aromatic rings. The second-order valence-electron chi connectivity index (χ2n) is 9.45. The summed E-state index contributed by atoms with van der Waals surface area (Å²) in [6.07, 6.45) is 4.04. The summed E-state index contributed by atoms with van der Waals surface area (Å²) in [6, 6.07) is 15.6. The molecule has 1 aromatic heterocycles. The van der Waals surface area contributed by atoms with Gasteiger partial charge in [-0.2, -0.15) is 4.98 Å². The van der Waals surface area contributed by atoms with Crippen LogP contribution in [0.3, 0.4) is 0 Å². The fraction of sp³-hybridized carbons (Fsp3) is 0.385. The van der Waals surface area contributed by atoms with Crippen molar-refractivity contribution in [2.75, 3.05) is 56.8 Å². The summed E-state index contributed by atoms with van der Waals surface area (Å²) < 4.78 is 26.7. The fourth-order valence-electron chi connectivity index (χ4n) is 4.25. The van der Waals surface area contributed by atoms with Gasteiger partial charge in [-0.3, -0.25) is 0 Å². The van der Waals surface area contributed by atoms with Crippen molar-refractivity contribution in [1.29, 1.82) is 0 Å². The molecule has 2 aromatic carbocycles. The fourth-order valence-corrected chi connectivity index (χ4v) is 5.29. The van der Waals surface area contributed by atoms with Crippen molar-refractivity contribution in [3.05, 3.63) is 60.3 Å². The van der Waals surface area contributed by atoms with E-state index in [9.17, 15) is 8.42 Å². The molecule has 9 nitrogen and oxygen atoms in total. The largest absolute Gasteiger partial charge is 0.372 e. The molecule has 0 amide bonds. The van der Waals surface area contributed by atoms with Crippen LogP contribution in [-0.4, -0.2) is 74.9 Å². The lowest BCUT2D eigenvalue weighted by atomic mass is 10.0. The number of piperidine rings is 1. The van der Waals surface area contributed by atoms with Crippen molar-refractivity contribution in [2.45, 2.75) is 30.7 Å². The maximum atomic E-state index is 12.8. The third-order valence-corrected chi connectivity index (χ3v) is 8.51. The van der Waals surface area contributed by atoms with Crippen LogP contribution >= 0.6 is 0 Å². The van der Waals surface area contributed by atoms with Crippen LogP contribution in [0.5, 0.6) is 0 Å². The summed E-state index contributed by atoms with van der Waals surface area (Å²) in [4.78, 5) is 13.9. The van der Waals surface area contributed by atoms with E-state index in [1.54, 1.807) is 30.5 Å². The lowest BCUT2D eigenvalue weighted by Crippen LogP contribution is -2.41. The molecule has 0 spiro atoms. The highest BCUT2D eigenvalue weighted by molar-refractivity contribution is 7.89. The minimum atomic E-state index is -3.62. The molecule has 192 valence electrons. The van der Waals surface area contributed by atoms with E-state index >= 15 is 0 Å². The molecular formula is C26H35N7O2S. The Labute approximate surface area is 214 Å². The van der Waals surface area contributed by atoms with E-state index in [-0.39, 0.29) is 4.90 Å². The zero-order valence-electron chi connectivity index (χ0n) is 21.6. The van der Waals surface area contributed by atoms with Crippen molar-refractivity contribution < 1.29 is 8.42 Å². The summed E-state index contributed by atoms with van der Waals surface area (Å²) in [7, 11) is 3.75. The molecule has 1 fully saturated rings. The molecule has 4 rings (SSSR count). The number of likely N-dealkylation sites (tertiary alicyclic amines) is 1. The zero-order chi connectivity index (χ0) is 25.9. The lowest BCUT2D eigenvalue weighted by molar-refractivity contribution is 0.253. The summed E-state index contributed by atoms with van der Waals surface area (Å²) in [5.74, 6) is 0.958. The van der Waals surface area contributed by atoms with Gasteiger partial charge in [-0.15, -0.1) is 0 Å². The molecule has 1 saturated heterocycles. The predicted molar refractivity (Wildman–Crippen MR) is 146 cm³/mol. The van der Waals surface area contributed by atoms with Crippen molar-refractivity contribution in [3.63, 3.8) is 0 Å². The Morgan fingerprint density at radius 2 is 1.64 bits per heavy atom. The molecule has 10 heteroatoms. The van der Waals surface area contributed by atoms with Gasteiger partial charge >= 0.3 is 0 Å². The molecule has 2 N–H and O–H groups in total. The van der Waals surface area contributed by atoms with Crippen molar-refractivity contribution in [1.82, 2.24) is 19.2 Å². The molecular weight excluding hydrogens is 474 g/mol. The van der Waals surface area contributed by atoms with E-state index in [0.717, 1.165) is 24.3 Å². The molecule has 1 aliphatic heterocycles. The lowest BCUT2D eigenvalue weighted by Gasteiger charge is -2.36. The number of nitrogens with zero attached hydrogens (tertiary/aromatic N) is 5. The topological polar surface area (TPSA) is 93.7 Å². The summed E-state index contributed by atoms with van der Waals surface area (Å²) in [6.45, 7) is 4.13. The first-order valence-electron chi connectivity index (χ1n) is 12.1. The molecule has 0 radical (unpaired) electrons. The van der Waals surface area contributed by atoms with Gasteiger partial charge in [0.05, 0.1) is 5.69 Å². The first-order chi connectivity index (χ1) is 17.1. The average Bonchev–Trinajstić information content (AvgIpc) is 2.87. The van der Waals surface area contributed by atoms with Crippen LogP contribution in [0.1, 0.15) is 18.4 Å². The Kier molecular flexibility index (Phi) is 7.77. The average molecular weight is 510 g/mol. The normalized spacial score (nSPS) is 15.2. The van der Waals surface area contributed by atoms with Crippen LogP contribution < -0.4 is 15.5 Å². The molecule has 0 saturated carbocycles. The number of aryl methyl sites for hydroxylation is 1. The Morgan fingerprint density at radius 1 is 0.972 bits per heavy atom. The van der Waals surface area contributed by atoms with Crippen LogP contribution in [-0.2, 0) is 10.0 Å². The van der Waals surface area contributed by atoms with Crippen LogP contribution in [0.15, 0.2) is 59.6 Å². The van der Waals surface area contributed by atoms with Gasteiger partial charge in [0.1, 0.15) is 10.7 Å². The number of para-hydroxylation sites is 1. The van der Waals surface area contributed by atoms with Crippen LogP contribution in [0.25, 0.3) is 0 Å². The minimum absolute atomic E-state index is 0.187. The molecule has 1 aliphatic rings. The van der Waals surface area contributed by atoms with Crippen molar-refractivity contribution in [3.8, 4) is 0 Å².